The molecule has 1 heterocycles. The summed E-state index contributed by atoms with van der Waals surface area (Å²) in [5, 5.41) is 3.52. The van der Waals surface area contributed by atoms with Gasteiger partial charge in [0.25, 0.3) is 11.8 Å². The predicted octanol–water partition coefficient (Wildman–Crippen LogP) is 3.92. The van der Waals surface area contributed by atoms with Gasteiger partial charge in [0.15, 0.2) is 0 Å². The van der Waals surface area contributed by atoms with E-state index in [4.69, 9.17) is 23.2 Å². The number of hydrogen-bond acceptors (Lipinski definition) is 4. The number of nitrogens with one attached hydrogen (secondary N) is 1. The molecule has 0 unspecified atom stereocenters. The Labute approximate surface area is 202 Å². The van der Waals surface area contributed by atoms with Crippen LogP contribution < -0.4 is 5.32 Å². The molecule has 0 radical (unpaired) electrons. The fourth-order valence-electron chi connectivity index (χ4n) is 3.73. The Kier molecular flexibility index (Phi) is 8.10. The number of amides is 4. The molecule has 0 fully saturated rings. The normalized spacial score (nSPS) is 13.6. The lowest BCUT2D eigenvalue weighted by Crippen LogP contribution is -2.47. The van der Waals surface area contributed by atoms with Crippen LogP contribution in [0.3, 0.4) is 0 Å². The molecular formula is C24H25Cl2N3O4. The van der Waals surface area contributed by atoms with Crippen molar-refractivity contribution < 1.29 is 19.2 Å². The smallest absolute Gasteiger partial charge is 0.261 e. The first-order chi connectivity index (χ1) is 15.8. The molecule has 0 spiro atoms. The van der Waals surface area contributed by atoms with Gasteiger partial charge in [-0.15, -0.1) is 0 Å². The van der Waals surface area contributed by atoms with E-state index < -0.39 is 6.04 Å². The van der Waals surface area contributed by atoms with E-state index in [1.54, 1.807) is 56.3 Å². The van der Waals surface area contributed by atoms with Gasteiger partial charge in [0.1, 0.15) is 6.04 Å². The van der Waals surface area contributed by atoms with Crippen molar-refractivity contribution in [1.29, 1.82) is 0 Å². The van der Waals surface area contributed by atoms with Crippen LogP contribution >= 0.6 is 23.2 Å². The Balaban J connectivity index is 1.70. The van der Waals surface area contributed by atoms with Crippen LogP contribution in [0.5, 0.6) is 0 Å². The molecule has 0 saturated heterocycles. The van der Waals surface area contributed by atoms with Crippen LogP contribution in [0.25, 0.3) is 0 Å². The molecule has 7 nitrogen and oxygen atoms in total. The third kappa shape index (κ3) is 5.37. The maximum atomic E-state index is 13.1. The van der Waals surface area contributed by atoms with E-state index in [2.05, 4.69) is 5.32 Å². The number of carbonyl (C=O) groups excluding carboxylic acids is 4. The van der Waals surface area contributed by atoms with Gasteiger partial charge in [-0.3, -0.25) is 24.1 Å². The monoisotopic (exact) mass is 489 g/mol. The lowest BCUT2D eigenvalue weighted by atomic mass is 10.1. The minimum atomic E-state index is -0.760. The average Bonchev–Trinajstić information content (AvgIpc) is 3.03. The summed E-state index contributed by atoms with van der Waals surface area (Å²) in [6, 6.07) is 10.9. The number of imide groups is 1. The zero-order valence-electron chi connectivity index (χ0n) is 18.4. The summed E-state index contributed by atoms with van der Waals surface area (Å²) in [4.78, 5) is 53.3. The standard InChI is InChI=1S/C24H25Cl2N3O4/c1-3-27-22(31)15(2)29(14-18-19(25)10-6-11-20(18)26)21(30)12-7-13-28-23(32)16-8-4-5-9-17(16)24(28)33/h4-6,8-11,15H,3,7,12-14H2,1-2H3,(H,27,31)/t15-/m0/s1. The number of carbonyl (C=O) groups is 4. The molecular weight excluding hydrogens is 465 g/mol. The van der Waals surface area contributed by atoms with E-state index in [1.807, 2.05) is 0 Å². The lowest BCUT2D eigenvalue weighted by Gasteiger charge is -2.29. The Morgan fingerprint density at radius 3 is 2.12 bits per heavy atom. The van der Waals surface area contributed by atoms with E-state index in [0.29, 0.717) is 33.3 Å². The first-order valence-corrected chi connectivity index (χ1v) is 11.5. The number of rotatable bonds is 9. The molecule has 0 saturated carbocycles. The third-order valence-corrected chi connectivity index (χ3v) is 6.27. The average molecular weight is 490 g/mol. The van der Waals surface area contributed by atoms with Gasteiger partial charge in [-0.2, -0.15) is 0 Å². The maximum absolute atomic E-state index is 13.1. The second kappa shape index (κ2) is 10.8. The summed E-state index contributed by atoms with van der Waals surface area (Å²) in [5.41, 5.74) is 1.29. The van der Waals surface area contributed by atoms with Crippen LogP contribution in [0.1, 0.15) is 53.0 Å². The van der Waals surface area contributed by atoms with Crippen molar-refractivity contribution in [1.82, 2.24) is 15.1 Å². The molecule has 4 amide bonds. The molecule has 33 heavy (non-hydrogen) atoms. The zero-order chi connectivity index (χ0) is 24.1. The fourth-order valence-corrected chi connectivity index (χ4v) is 4.25. The molecule has 1 aliphatic heterocycles. The van der Waals surface area contributed by atoms with Crippen LogP contribution in [0.15, 0.2) is 42.5 Å². The summed E-state index contributed by atoms with van der Waals surface area (Å²) in [6.07, 6.45) is 0.304. The number of halogens is 2. The molecule has 2 aromatic rings. The first-order valence-electron chi connectivity index (χ1n) is 10.7. The molecule has 3 rings (SSSR count). The van der Waals surface area contributed by atoms with Gasteiger partial charge in [-0.1, -0.05) is 41.4 Å². The number of nitrogens with zero attached hydrogens (tertiary/aromatic N) is 2. The third-order valence-electron chi connectivity index (χ3n) is 5.56. The van der Waals surface area contributed by atoms with Crippen molar-refractivity contribution in [3.63, 3.8) is 0 Å². The Morgan fingerprint density at radius 1 is 1.00 bits per heavy atom. The van der Waals surface area contributed by atoms with Crippen LogP contribution in [-0.2, 0) is 16.1 Å². The Morgan fingerprint density at radius 2 is 1.58 bits per heavy atom. The Bertz CT molecular complexity index is 1030. The van der Waals surface area contributed by atoms with Crippen LogP contribution in [0.2, 0.25) is 10.0 Å². The highest BCUT2D eigenvalue weighted by Crippen LogP contribution is 2.27. The topological polar surface area (TPSA) is 86.8 Å². The predicted molar refractivity (Wildman–Crippen MR) is 126 cm³/mol. The van der Waals surface area contributed by atoms with Gasteiger partial charge in [-0.05, 0) is 44.5 Å². The second-order valence-corrected chi connectivity index (χ2v) is 8.52. The Hall–Kier alpha value is -2.90. The van der Waals surface area contributed by atoms with Crippen molar-refractivity contribution in [2.75, 3.05) is 13.1 Å². The summed E-state index contributed by atoms with van der Waals surface area (Å²) in [6.45, 7) is 4.02. The van der Waals surface area contributed by atoms with Gasteiger partial charge in [0.2, 0.25) is 11.8 Å². The van der Waals surface area contributed by atoms with Gasteiger partial charge < -0.3 is 10.2 Å². The molecule has 0 aliphatic carbocycles. The highest BCUT2D eigenvalue weighted by Gasteiger charge is 2.35. The number of hydrogen-bond donors (Lipinski definition) is 1. The van der Waals surface area contributed by atoms with Gasteiger partial charge in [-0.25, -0.2) is 0 Å². The van der Waals surface area contributed by atoms with Gasteiger partial charge >= 0.3 is 0 Å². The number of benzene rings is 2. The van der Waals surface area contributed by atoms with Gasteiger partial charge in [0.05, 0.1) is 11.1 Å². The van der Waals surface area contributed by atoms with Crippen LogP contribution in [-0.4, -0.2) is 52.6 Å². The van der Waals surface area contributed by atoms with E-state index in [-0.39, 0.29) is 49.6 Å². The van der Waals surface area contributed by atoms with Crippen molar-refractivity contribution >= 4 is 46.8 Å². The van der Waals surface area contributed by atoms with Gasteiger partial charge in [0, 0.05) is 41.7 Å². The molecule has 0 aromatic heterocycles. The van der Waals surface area contributed by atoms with Crippen LogP contribution in [0, 0.1) is 0 Å². The van der Waals surface area contributed by atoms with Crippen LogP contribution in [0.4, 0.5) is 0 Å². The molecule has 1 atom stereocenters. The van der Waals surface area contributed by atoms with Crippen molar-refractivity contribution in [3.8, 4) is 0 Å². The largest absolute Gasteiger partial charge is 0.355 e. The van der Waals surface area contributed by atoms with E-state index >= 15 is 0 Å². The molecule has 1 aliphatic rings. The van der Waals surface area contributed by atoms with Crippen molar-refractivity contribution in [2.24, 2.45) is 0 Å². The SMILES string of the molecule is CCNC(=O)[C@H](C)N(Cc1c(Cl)cccc1Cl)C(=O)CCCN1C(=O)c2ccccc2C1=O. The summed E-state index contributed by atoms with van der Waals surface area (Å²) in [5.74, 6) is -1.33. The first kappa shape index (κ1) is 24.7. The summed E-state index contributed by atoms with van der Waals surface area (Å²) >= 11 is 12.6. The highest BCUT2D eigenvalue weighted by atomic mass is 35.5. The van der Waals surface area contributed by atoms with E-state index in [9.17, 15) is 19.2 Å². The molecule has 9 heteroatoms. The second-order valence-electron chi connectivity index (χ2n) is 7.70. The van der Waals surface area contributed by atoms with E-state index in [1.165, 1.54) is 4.90 Å². The quantitative estimate of drug-likeness (QED) is 0.540. The summed E-state index contributed by atoms with van der Waals surface area (Å²) < 4.78 is 0. The number of fused-ring (bicyclic) bond motifs is 1. The maximum Gasteiger partial charge on any atom is 0.261 e. The molecule has 0 bridgehead atoms. The molecule has 174 valence electrons. The molecule has 2 aromatic carbocycles. The minimum Gasteiger partial charge on any atom is -0.355 e. The van der Waals surface area contributed by atoms with E-state index in [0.717, 1.165) is 4.90 Å². The summed E-state index contributed by atoms with van der Waals surface area (Å²) in [7, 11) is 0. The van der Waals surface area contributed by atoms with Crippen molar-refractivity contribution in [3.05, 3.63) is 69.2 Å². The fraction of sp³-hybridized carbons (Fsp3) is 0.333. The highest BCUT2D eigenvalue weighted by molar-refractivity contribution is 6.36. The molecule has 1 N–H and O–H groups in total. The zero-order valence-corrected chi connectivity index (χ0v) is 19.9. The lowest BCUT2D eigenvalue weighted by molar-refractivity contribution is -0.140. The van der Waals surface area contributed by atoms with Crippen molar-refractivity contribution in [2.45, 2.75) is 39.3 Å². The number of likely N-dealkylation sites (N-methyl/N-ethyl adjacent to an activating group) is 1. The minimum absolute atomic E-state index is 0.0409.